The summed E-state index contributed by atoms with van der Waals surface area (Å²) in [4.78, 5) is 30.0. The van der Waals surface area contributed by atoms with Gasteiger partial charge in [-0.2, -0.15) is 0 Å². The molecule has 40 heavy (non-hydrogen) atoms. The number of nitrogens with zero attached hydrogens (tertiary/aromatic N) is 1. The molecule has 3 aliphatic rings. The van der Waals surface area contributed by atoms with Gasteiger partial charge in [0.2, 0.25) is 0 Å². The molecule has 2 saturated heterocycles. The Bertz CT molecular complexity index is 1100. The van der Waals surface area contributed by atoms with Crippen LogP contribution in [0.15, 0.2) is 18.3 Å². The molecule has 2 aliphatic heterocycles. The van der Waals surface area contributed by atoms with E-state index in [0.717, 1.165) is 56.9 Å². The van der Waals surface area contributed by atoms with E-state index in [-0.39, 0.29) is 58.1 Å². The molecule has 4 rings (SSSR count). The molecule has 2 N–H and O–H groups in total. The predicted octanol–water partition coefficient (Wildman–Crippen LogP) is 5.56. The lowest BCUT2D eigenvalue weighted by Crippen LogP contribution is -2.59. The molecule has 7 heteroatoms. The normalized spacial score (nSPS) is 27.6. The Kier molecular flexibility index (Phi) is 8.74. The molecule has 1 aromatic rings. The van der Waals surface area contributed by atoms with Crippen LogP contribution in [0.3, 0.4) is 0 Å². The highest BCUT2D eigenvalue weighted by molar-refractivity contribution is 5.87. The highest BCUT2D eigenvalue weighted by Gasteiger charge is 2.41. The Balaban J connectivity index is 1.24. The molecule has 0 spiro atoms. The summed E-state index contributed by atoms with van der Waals surface area (Å²) < 4.78 is 11.8. The van der Waals surface area contributed by atoms with Crippen molar-refractivity contribution in [2.75, 3.05) is 0 Å². The number of nitrogens with one attached hydrogen (secondary N) is 2. The minimum absolute atomic E-state index is 0.0395. The molecule has 0 radical (unpaired) electrons. The van der Waals surface area contributed by atoms with Crippen LogP contribution in [0.4, 0.5) is 0 Å². The summed E-state index contributed by atoms with van der Waals surface area (Å²) in [5, 5.41) is 7.25. The second kappa shape index (κ2) is 11.4. The van der Waals surface area contributed by atoms with Gasteiger partial charge in [-0.25, -0.2) is 9.78 Å². The number of esters is 2. The van der Waals surface area contributed by atoms with Crippen molar-refractivity contribution in [3.8, 4) is 11.8 Å². The average molecular weight is 552 g/mol. The van der Waals surface area contributed by atoms with Crippen LogP contribution in [0.2, 0.25) is 0 Å². The maximum Gasteiger partial charge on any atom is 0.357 e. The Labute approximate surface area is 241 Å². The Morgan fingerprint density at radius 3 is 1.75 bits per heavy atom. The van der Waals surface area contributed by atoms with Gasteiger partial charge in [-0.15, -0.1) is 0 Å². The van der Waals surface area contributed by atoms with Gasteiger partial charge < -0.3 is 20.1 Å². The number of pyridine rings is 1. The van der Waals surface area contributed by atoms with E-state index in [2.05, 4.69) is 82.8 Å². The minimum atomic E-state index is -0.389. The fourth-order valence-corrected chi connectivity index (χ4v) is 7.34. The molecule has 220 valence electrons. The molecule has 0 atom stereocenters. The molecular weight excluding hydrogens is 502 g/mol. The van der Waals surface area contributed by atoms with E-state index < -0.39 is 0 Å². The minimum Gasteiger partial charge on any atom is -0.462 e. The first-order chi connectivity index (χ1) is 18.5. The zero-order valence-electron chi connectivity index (χ0n) is 25.8. The first-order valence-electron chi connectivity index (χ1n) is 15.0. The van der Waals surface area contributed by atoms with E-state index in [1.165, 1.54) is 0 Å². The number of ether oxygens (including phenoxy) is 2. The highest BCUT2D eigenvalue weighted by atomic mass is 16.5. The summed E-state index contributed by atoms with van der Waals surface area (Å²) in [5.41, 5.74) is 0.794. The SMILES string of the molecule is CC1(C)CC(OC(=O)c2ccc(C#CC3CCC(C(=O)OC4CC(C)(C)NC(C)(C)C4)CC3)cn2)CC(C)(C)N1. The van der Waals surface area contributed by atoms with Crippen molar-refractivity contribution in [3.05, 3.63) is 29.6 Å². The Morgan fingerprint density at radius 2 is 1.27 bits per heavy atom. The number of hydrogen-bond acceptors (Lipinski definition) is 7. The third-order valence-corrected chi connectivity index (χ3v) is 8.32. The molecule has 0 amide bonds. The standard InChI is InChI=1S/C33H49N3O4/c1-30(2)17-25(18-31(3,4)35-30)39-28(37)24-14-11-22(12-15-24)9-10-23-13-16-27(34-21-23)29(38)40-26-19-32(5,6)36-33(7,8)20-26/h13,16,21-22,24-26,35-36H,11-12,14-15,17-20H2,1-8H3. The smallest absolute Gasteiger partial charge is 0.357 e. The first kappa shape index (κ1) is 30.5. The highest BCUT2D eigenvalue weighted by Crippen LogP contribution is 2.34. The number of aromatic nitrogens is 1. The first-order valence-corrected chi connectivity index (χ1v) is 15.0. The third kappa shape index (κ3) is 8.54. The average Bonchev–Trinajstić information content (AvgIpc) is 2.79. The van der Waals surface area contributed by atoms with E-state index >= 15 is 0 Å². The molecule has 3 fully saturated rings. The van der Waals surface area contributed by atoms with Crippen LogP contribution in [0.1, 0.15) is 123 Å². The molecule has 3 heterocycles. The lowest BCUT2D eigenvalue weighted by Gasteiger charge is -2.46. The van der Waals surface area contributed by atoms with E-state index in [1.54, 1.807) is 12.3 Å². The van der Waals surface area contributed by atoms with Gasteiger partial charge in [0, 0.05) is 65.5 Å². The van der Waals surface area contributed by atoms with Gasteiger partial charge in [-0.1, -0.05) is 11.8 Å². The second-order valence-electron chi connectivity index (χ2n) is 14.9. The van der Waals surface area contributed by atoms with Crippen LogP contribution in [-0.2, 0) is 14.3 Å². The van der Waals surface area contributed by atoms with Gasteiger partial charge in [-0.05, 0) is 93.2 Å². The van der Waals surface area contributed by atoms with Gasteiger partial charge >= 0.3 is 11.9 Å². The molecule has 0 aromatic carbocycles. The predicted molar refractivity (Wildman–Crippen MR) is 157 cm³/mol. The number of rotatable bonds is 4. The summed E-state index contributed by atoms with van der Waals surface area (Å²) in [7, 11) is 0. The zero-order valence-corrected chi connectivity index (χ0v) is 25.8. The van der Waals surface area contributed by atoms with Crippen molar-refractivity contribution in [2.45, 2.75) is 141 Å². The summed E-state index contributed by atoms with van der Waals surface area (Å²) in [6.07, 6.45) is 8.04. The molecule has 7 nitrogen and oxygen atoms in total. The maximum atomic E-state index is 12.9. The van der Waals surface area contributed by atoms with Crippen molar-refractivity contribution >= 4 is 11.9 Å². The lowest BCUT2D eigenvalue weighted by molar-refractivity contribution is -0.159. The van der Waals surface area contributed by atoms with E-state index in [1.807, 2.05) is 6.07 Å². The number of carbonyl (C=O) groups is 2. The topological polar surface area (TPSA) is 89.6 Å². The monoisotopic (exact) mass is 551 g/mol. The summed E-state index contributed by atoms with van der Waals surface area (Å²) in [6.45, 7) is 17.2. The maximum absolute atomic E-state index is 12.9. The van der Waals surface area contributed by atoms with Gasteiger partial charge in [0.25, 0.3) is 0 Å². The van der Waals surface area contributed by atoms with Crippen LogP contribution >= 0.6 is 0 Å². The quantitative estimate of drug-likeness (QED) is 0.374. The van der Waals surface area contributed by atoms with Crippen LogP contribution < -0.4 is 10.6 Å². The van der Waals surface area contributed by atoms with Crippen molar-refractivity contribution in [1.29, 1.82) is 0 Å². The van der Waals surface area contributed by atoms with Crippen molar-refractivity contribution in [1.82, 2.24) is 15.6 Å². The van der Waals surface area contributed by atoms with Crippen LogP contribution in [0.25, 0.3) is 0 Å². The van der Waals surface area contributed by atoms with E-state index in [0.29, 0.717) is 5.69 Å². The van der Waals surface area contributed by atoms with Crippen LogP contribution in [0.5, 0.6) is 0 Å². The molecule has 1 aliphatic carbocycles. The van der Waals surface area contributed by atoms with E-state index in [9.17, 15) is 9.59 Å². The summed E-state index contributed by atoms with van der Waals surface area (Å²) in [6, 6.07) is 3.53. The summed E-state index contributed by atoms with van der Waals surface area (Å²) in [5.74, 6) is 6.35. The molecular formula is C33H49N3O4. The lowest BCUT2D eigenvalue weighted by atomic mass is 9.80. The molecule has 0 unspecified atom stereocenters. The molecule has 1 saturated carbocycles. The number of carbonyl (C=O) groups excluding carboxylic acids is 2. The molecule has 1 aromatic heterocycles. The van der Waals surface area contributed by atoms with Crippen LogP contribution in [0, 0.1) is 23.7 Å². The van der Waals surface area contributed by atoms with Gasteiger partial charge in [-0.3, -0.25) is 4.79 Å². The van der Waals surface area contributed by atoms with Gasteiger partial charge in [0.15, 0.2) is 0 Å². The Hall–Kier alpha value is -2.43. The van der Waals surface area contributed by atoms with Gasteiger partial charge in [0.05, 0.1) is 5.92 Å². The largest absolute Gasteiger partial charge is 0.462 e. The van der Waals surface area contributed by atoms with E-state index in [4.69, 9.17) is 9.47 Å². The fraction of sp³-hybridized carbons (Fsp3) is 0.727. The van der Waals surface area contributed by atoms with Gasteiger partial charge in [0.1, 0.15) is 17.9 Å². The van der Waals surface area contributed by atoms with Crippen molar-refractivity contribution < 1.29 is 19.1 Å². The number of hydrogen-bond donors (Lipinski definition) is 2. The van der Waals surface area contributed by atoms with Crippen molar-refractivity contribution in [3.63, 3.8) is 0 Å². The fourth-order valence-electron chi connectivity index (χ4n) is 7.34. The molecule has 0 bridgehead atoms. The second-order valence-corrected chi connectivity index (χ2v) is 14.9. The summed E-state index contributed by atoms with van der Waals surface area (Å²) >= 11 is 0. The Morgan fingerprint density at radius 1 is 0.775 bits per heavy atom. The third-order valence-electron chi connectivity index (χ3n) is 8.32. The number of piperidine rings is 2. The van der Waals surface area contributed by atoms with Crippen LogP contribution in [-0.4, -0.2) is 51.3 Å². The zero-order chi connectivity index (χ0) is 29.3. The van der Waals surface area contributed by atoms with Crippen molar-refractivity contribution in [2.24, 2.45) is 11.8 Å².